The second kappa shape index (κ2) is 6.92. The topological polar surface area (TPSA) is 72.2 Å². The van der Waals surface area contributed by atoms with E-state index in [4.69, 9.17) is 0 Å². The third-order valence-electron chi connectivity index (χ3n) is 4.41. The van der Waals surface area contributed by atoms with Crippen LogP contribution in [-0.2, 0) is 6.42 Å². The molecule has 4 rings (SSSR count). The number of rotatable bonds is 4. The highest BCUT2D eigenvalue weighted by atomic mass is 32.1. The number of hydrogen-bond donors (Lipinski definition) is 1. The van der Waals surface area contributed by atoms with Crippen molar-refractivity contribution in [1.82, 2.24) is 19.6 Å². The second-order valence-electron chi connectivity index (χ2n) is 6.38. The molecule has 3 aromatic heterocycles. The first-order valence-corrected chi connectivity index (χ1v) is 9.61. The van der Waals surface area contributed by atoms with Crippen molar-refractivity contribution in [1.29, 1.82) is 0 Å². The average Bonchev–Trinajstić information content (AvgIpc) is 3.29. The fourth-order valence-electron chi connectivity index (χ4n) is 2.97. The minimum absolute atomic E-state index is 0.260. The lowest BCUT2D eigenvalue weighted by atomic mass is 10.1. The van der Waals surface area contributed by atoms with Gasteiger partial charge < -0.3 is 0 Å². The van der Waals surface area contributed by atoms with Gasteiger partial charge in [0.25, 0.3) is 5.91 Å². The summed E-state index contributed by atoms with van der Waals surface area (Å²) in [6.45, 7) is 5.97. The van der Waals surface area contributed by atoms with Crippen molar-refractivity contribution in [2.24, 2.45) is 0 Å². The normalized spacial score (nSPS) is 11.1. The first kappa shape index (κ1) is 17.4. The average molecular weight is 377 g/mol. The Bertz CT molecular complexity index is 1130. The molecule has 0 radical (unpaired) electrons. The molecule has 0 atom stereocenters. The Morgan fingerprint density at radius 2 is 1.96 bits per heavy atom. The lowest BCUT2D eigenvalue weighted by Gasteiger charge is -2.03. The lowest BCUT2D eigenvalue weighted by Crippen LogP contribution is -2.12. The van der Waals surface area contributed by atoms with Gasteiger partial charge in [0, 0.05) is 22.3 Å². The molecule has 6 nitrogen and oxygen atoms in total. The van der Waals surface area contributed by atoms with Crippen LogP contribution in [0.25, 0.3) is 16.9 Å². The number of carbonyl (C=O) groups excluding carboxylic acids is 1. The number of carbonyl (C=O) groups is 1. The molecule has 0 bridgehead atoms. The summed E-state index contributed by atoms with van der Waals surface area (Å²) >= 11 is 1.40. The first-order valence-electron chi connectivity index (χ1n) is 8.73. The summed E-state index contributed by atoms with van der Waals surface area (Å²) < 4.78 is 1.67. The third-order valence-corrected chi connectivity index (χ3v) is 5.16. The van der Waals surface area contributed by atoms with Crippen LogP contribution in [-0.4, -0.2) is 25.5 Å². The Morgan fingerprint density at radius 3 is 2.70 bits per heavy atom. The fraction of sp³-hybridized carbons (Fsp3) is 0.200. The maximum Gasteiger partial charge on any atom is 0.262 e. The molecule has 3 heterocycles. The molecule has 136 valence electrons. The molecular formula is C20H19N5OS. The largest absolute Gasteiger partial charge is 0.298 e. The van der Waals surface area contributed by atoms with Crippen LogP contribution in [0.5, 0.6) is 0 Å². The Labute approximate surface area is 160 Å². The van der Waals surface area contributed by atoms with Gasteiger partial charge in [-0.05, 0) is 31.9 Å². The molecule has 4 aromatic rings. The Balaban J connectivity index is 1.58. The molecule has 0 aliphatic heterocycles. The fourth-order valence-corrected chi connectivity index (χ4v) is 3.68. The Morgan fingerprint density at radius 1 is 1.19 bits per heavy atom. The van der Waals surface area contributed by atoms with Crippen LogP contribution >= 0.6 is 11.3 Å². The first-order chi connectivity index (χ1) is 13.0. The zero-order chi connectivity index (χ0) is 19.0. The zero-order valence-electron chi connectivity index (χ0n) is 15.4. The van der Waals surface area contributed by atoms with Crippen molar-refractivity contribution in [3.63, 3.8) is 0 Å². The number of thiazole rings is 1. The summed E-state index contributed by atoms with van der Waals surface area (Å²) in [6, 6.07) is 10.2. The number of hydrogen-bond acceptors (Lipinski definition) is 5. The molecule has 0 aliphatic rings. The predicted molar refractivity (Wildman–Crippen MR) is 107 cm³/mol. The maximum absolute atomic E-state index is 12.7. The van der Waals surface area contributed by atoms with E-state index in [9.17, 15) is 4.79 Å². The van der Waals surface area contributed by atoms with Gasteiger partial charge in [0.15, 0.2) is 10.8 Å². The Kier molecular flexibility index (Phi) is 4.45. The number of benzene rings is 1. The van der Waals surface area contributed by atoms with Gasteiger partial charge in [0.05, 0.1) is 11.9 Å². The van der Waals surface area contributed by atoms with E-state index >= 15 is 0 Å². The van der Waals surface area contributed by atoms with Crippen molar-refractivity contribution >= 4 is 28.0 Å². The minimum atomic E-state index is -0.260. The van der Waals surface area contributed by atoms with E-state index in [1.807, 2.05) is 25.3 Å². The SMILES string of the molecule is CCc1ccc(-c2csc(NC(=O)c3cnn4c(C)cc(C)nc34)n2)cc1. The van der Waals surface area contributed by atoms with Gasteiger partial charge in [0.1, 0.15) is 5.56 Å². The summed E-state index contributed by atoms with van der Waals surface area (Å²) in [4.78, 5) is 21.7. The van der Waals surface area contributed by atoms with Gasteiger partial charge in [-0.15, -0.1) is 11.3 Å². The number of anilines is 1. The number of nitrogens with one attached hydrogen (secondary N) is 1. The lowest BCUT2D eigenvalue weighted by molar-refractivity contribution is 0.102. The highest BCUT2D eigenvalue weighted by Gasteiger charge is 2.17. The van der Waals surface area contributed by atoms with Crippen molar-refractivity contribution in [2.75, 3.05) is 5.32 Å². The molecular weight excluding hydrogens is 358 g/mol. The van der Waals surface area contributed by atoms with Crippen molar-refractivity contribution in [3.05, 3.63) is 64.4 Å². The van der Waals surface area contributed by atoms with Crippen molar-refractivity contribution in [3.8, 4) is 11.3 Å². The summed E-state index contributed by atoms with van der Waals surface area (Å²) in [6.07, 6.45) is 2.55. The predicted octanol–water partition coefficient (Wildman–Crippen LogP) is 4.28. The molecule has 27 heavy (non-hydrogen) atoms. The van der Waals surface area contributed by atoms with Gasteiger partial charge in [-0.3, -0.25) is 10.1 Å². The van der Waals surface area contributed by atoms with Gasteiger partial charge in [-0.25, -0.2) is 14.5 Å². The van der Waals surface area contributed by atoms with E-state index in [0.29, 0.717) is 16.3 Å². The maximum atomic E-state index is 12.7. The van der Waals surface area contributed by atoms with Crippen LogP contribution in [0.4, 0.5) is 5.13 Å². The minimum Gasteiger partial charge on any atom is -0.298 e. The number of amides is 1. The highest BCUT2D eigenvalue weighted by molar-refractivity contribution is 7.14. The van der Waals surface area contributed by atoms with Gasteiger partial charge in [-0.2, -0.15) is 5.10 Å². The summed E-state index contributed by atoms with van der Waals surface area (Å²) in [7, 11) is 0. The van der Waals surface area contributed by atoms with Gasteiger partial charge >= 0.3 is 0 Å². The van der Waals surface area contributed by atoms with Crippen molar-refractivity contribution in [2.45, 2.75) is 27.2 Å². The van der Waals surface area contributed by atoms with Gasteiger partial charge in [0.2, 0.25) is 0 Å². The molecule has 0 saturated carbocycles. The quantitative estimate of drug-likeness (QED) is 0.576. The standard InChI is InChI=1S/C20H19N5OS/c1-4-14-5-7-15(8-6-14)17-11-27-20(23-17)24-19(26)16-10-21-25-13(3)9-12(2)22-18(16)25/h5-11H,4H2,1-3H3,(H,23,24,26). The van der Waals surface area contributed by atoms with E-state index < -0.39 is 0 Å². The van der Waals surface area contributed by atoms with E-state index in [1.54, 1.807) is 10.7 Å². The molecule has 1 aromatic carbocycles. The summed E-state index contributed by atoms with van der Waals surface area (Å²) in [5.41, 5.74) is 5.94. The molecule has 0 aliphatic carbocycles. The number of fused-ring (bicyclic) bond motifs is 1. The van der Waals surface area contributed by atoms with Crippen LogP contribution in [0.15, 0.2) is 41.9 Å². The van der Waals surface area contributed by atoms with Crippen LogP contribution in [0.3, 0.4) is 0 Å². The molecule has 0 spiro atoms. The van der Waals surface area contributed by atoms with E-state index in [0.717, 1.165) is 29.1 Å². The summed E-state index contributed by atoms with van der Waals surface area (Å²) in [5, 5.41) is 9.63. The molecule has 1 amide bonds. The van der Waals surface area contributed by atoms with Crippen molar-refractivity contribution < 1.29 is 4.79 Å². The number of nitrogens with zero attached hydrogens (tertiary/aromatic N) is 4. The van der Waals surface area contributed by atoms with Crippen LogP contribution < -0.4 is 5.32 Å². The number of aryl methyl sites for hydroxylation is 3. The van der Waals surface area contributed by atoms with E-state index in [1.165, 1.54) is 16.9 Å². The molecule has 0 fully saturated rings. The van der Waals surface area contributed by atoms with E-state index in [-0.39, 0.29) is 5.91 Å². The zero-order valence-corrected chi connectivity index (χ0v) is 16.2. The highest BCUT2D eigenvalue weighted by Crippen LogP contribution is 2.26. The summed E-state index contributed by atoms with van der Waals surface area (Å²) in [5.74, 6) is -0.260. The molecule has 1 N–H and O–H groups in total. The Hall–Kier alpha value is -3.06. The second-order valence-corrected chi connectivity index (χ2v) is 7.23. The van der Waals surface area contributed by atoms with Crippen LogP contribution in [0.1, 0.15) is 34.2 Å². The third kappa shape index (κ3) is 3.33. The van der Waals surface area contributed by atoms with Gasteiger partial charge in [-0.1, -0.05) is 31.2 Å². The molecule has 0 saturated heterocycles. The van der Waals surface area contributed by atoms with Crippen LogP contribution in [0, 0.1) is 13.8 Å². The molecule has 0 unspecified atom stereocenters. The number of aromatic nitrogens is 4. The smallest absolute Gasteiger partial charge is 0.262 e. The molecule has 7 heteroatoms. The van der Waals surface area contributed by atoms with E-state index in [2.05, 4.69) is 51.6 Å². The monoisotopic (exact) mass is 377 g/mol. The van der Waals surface area contributed by atoms with Crippen LogP contribution in [0.2, 0.25) is 0 Å².